The Kier molecular flexibility index (Phi) is 2.70. The van der Waals surface area contributed by atoms with Gasteiger partial charge in [0.2, 0.25) is 0 Å². The Labute approximate surface area is 128 Å². The molecule has 2 aromatic rings. The average molecular weight is 297 g/mol. The maximum absolute atomic E-state index is 11.8. The van der Waals surface area contributed by atoms with Crippen molar-refractivity contribution in [1.82, 2.24) is 14.9 Å². The van der Waals surface area contributed by atoms with Crippen LogP contribution in [0.1, 0.15) is 24.8 Å². The maximum Gasteiger partial charge on any atom is 0.354 e. The number of hydrogen-bond donors (Lipinski definition) is 3. The molecule has 0 aliphatic heterocycles. The zero-order valence-electron chi connectivity index (χ0n) is 12.2. The smallest absolute Gasteiger partial charge is 0.354 e. The summed E-state index contributed by atoms with van der Waals surface area (Å²) in [5.41, 5.74) is 13.6. The second kappa shape index (κ2) is 4.41. The van der Waals surface area contributed by atoms with Gasteiger partial charge in [0.1, 0.15) is 5.82 Å². The third-order valence-electron chi connectivity index (χ3n) is 4.78. The lowest BCUT2D eigenvalue weighted by atomic mass is 9.44. The lowest BCUT2D eigenvalue weighted by Gasteiger charge is -2.69. The first kappa shape index (κ1) is 13.5. The fourth-order valence-electron chi connectivity index (χ4n) is 3.73. The fourth-order valence-corrected chi connectivity index (χ4v) is 3.73. The van der Waals surface area contributed by atoms with Crippen molar-refractivity contribution in [2.75, 3.05) is 5.73 Å². The van der Waals surface area contributed by atoms with Crippen molar-refractivity contribution in [2.45, 2.75) is 36.9 Å². The number of nitrogens with two attached hydrogens (primary N) is 2. The van der Waals surface area contributed by atoms with Crippen molar-refractivity contribution < 1.29 is 0 Å². The zero-order valence-corrected chi connectivity index (χ0v) is 12.2. The van der Waals surface area contributed by atoms with Crippen LogP contribution in [0.25, 0.3) is 5.69 Å². The third-order valence-corrected chi connectivity index (χ3v) is 4.78. The molecule has 3 fully saturated rings. The predicted molar refractivity (Wildman–Crippen MR) is 84.6 cm³/mol. The number of aromatic nitrogens is 2. The van der Waals surface area contributed by atoms with Gasteiger partial charge in [-0.25, -0.2) is 4.79 Å². The first-order chi connectivity index (χ1) is 10.5. The number of rotatable bonds is 4. The highest BCUT2D eigenvalue weighted by Gasteiger charge is 2.65. The molecule has 5 N–H and O–H groups in total. The number of nitrogen functional groups attached to an aromatic ring is 1. The van der Waals surface area contributed by atoms with Gasteiger partial charge in [0, 0.05) is 23.8 Å². The van der Waals surface area contributed by atoms with Crippen molar-refractivity contribution in [3.05, 3.63) is 52.6 Å². The van der Waals surface area contributed by atoms with E-state index in [1.54, 1.807) is 12.3 Å². The number of hydrogen-bond acceptors (Lipinski definition) is 5. The van der Waals surface area contributed by atoms with E-state index in [-0.39, 0.29) is 22.6 Å². The van der Waals surface area contributed by atoms with E-state index in [1.807, 2.05) is 24.3 Å². The van der Waals surface area contributed by atoms with Gasteiger partial charge in [-0.3, -0.25) is 4.57 Å². The van der Waals surface area contributed by atoms with Gasteiger partial charge < -0.3 is 16.8 Å². The van der Waals surface area contributed by atoms with Crippen molar-refractivity contribution in [3.63, 3.8) is 0 Å². The number of nitrogens with zero attached hydrogens (tertiary/aromatic N) is 2. The summed E-state index contributed by atoms with van der Waals surface area (Å²) in [6.07, 6.45) is 4.90. The first-order valence-electron chi connectivity index (χ1n) is 7.46. The van der Waals surface area contributed by atoms with E-state index in [9.17, 15) is 4.79 Å². The summed E-state index contributed by atoms with van der Waals surface area (Å²) in [6.45, 7) is 0.825. The quantitative estimate of drug-likeness (QED) is 0.765. The molecule has 1 aromatic heterocycles. The molecule has 1 aromatic carbocycles. The largest absolute Gasteiger partial charge is 0.383 e. The van der Waals surface area contributed by atoms with Gasteiger partial charge in [0.25, 0.3) is 0 Å². The van der Waals surface area contributed by atoms with Crippen LogP contribution < -0.4 is 22.5 Å². The Morgan fingerprint density at radius 1 is 1.18 bits per heavy atom. The predicted octanol–water partition coefficient (Wildman–Crippen LogP) is 0.538. The standard InChI is InChI=1S/C16H19N5O/c17-13-5-6-21(14(22)20-13)12-3-1-11(2-4-12)7-19-16-8-15(18,9-16)10-16/h1-6,19H,7-10,18H2,(H2,17,20,22). The number of benzene rings is 1. The fraction of sp³-hybridized carbons (Fsp3) is 0.375. The minimum Gasteiger partial charge on any atom is -0.383 e. The molecule has 1 heterocycles. The van der Waals surface area contributed by atoms with E-state index in [0.29, 0.717) is 0 Å². The van der Waals surface area contributed by atoms with E-state index >= 15 is 0 Å². The molecular weight excluding hydrogens is 278 g/mol. The first-order valence-corrected chi connectivity index (χ1v) is 7.46. The SMILES string of the molecule is Nc1ccn(-c2ccc(CNC34CC(N)(C3)C4)cc2)c(=O)n1. The van der Waals surface area contributed by atoms with Crippen molar-refractivity contribution in [2.24, 2.45) is 5.73 Å². The Bertz CT molecular complexity index is 760. The summed E-state index contributed by atoms with van der Waals surface area (Å²) >= 11 is 0. The lowest BCUT2D eigenvalue weighted by Crippen LogP contribution is -2.81. The third kappa shape index (κ3) is 2.12. The molecule has 0 radical (unpaired) electrons. The summed E-state index contributed by atoms with van der Waals surface area (Å²) in [7, 11) is 0. The van der Waals surface area contributed by atoms with Gasteiger partial charge in [0.05, 0.1) is 5.69 Å². The molecular formula is C16H19N5O. The molecule has 5 rings (SSSR count). The summed E-state index contributed by atoms with van der Waals surface area (Å²) in [5, 5.41) is 3.60. The molecule has 0 unspecified atom stereocenters. The summed E-state index contributed by atoms with van der Waals surface area (Å²) in [5.74, 6) is 0.235. The molecule has 114 valence electrons. The summed E-state index contributed by atoms with van der Waals surface area (Å²) < 4.78 is 1.48. The highest BCUT2D eigenvalue weighted by atomic mass is 16.1. The van der Waals surface area contributed by atoms with Crippen molar-refractivity contribution in [1.29, 1.82) is 0 Å². The Balaban J connectivity index is 1.45. The van der Waals surface area contributed by atoms with Gasteiger partial charge in [0.15, 0.2) is 0 Å². The Morgan fingerprint density at radius 3 is 2.45 bits per heavy atom. The summed E-state index contributed by atoms with van der Waals surface area (Å²) in [6, 6.07) is 9.50. The molecule has 0 saturated heterocycles. The van der Waals surface area contributed by atoms with Gasteiger partial charge in [-0.2, -0.15) is 4.98 Å². The number of anilines is 1. The van der Waals surface area contributed by atoms with Gasteiger partial charge in [-0.05, 0) is 43.0 Å². The van der Waals surface area contributed by atoms with Crippen LogP contribution in [0.2, 0.25) is 0 Å². The molecule has 3 aliphatic carbocycles. The van der Waals surface area contributed by atoms with Crippen LogP contribution in [0.5, 0.6) is 0 Å². The maximum atomic E-state index is 11.8. The minimum absolute atomic E-state index is 0.125. The second-order valence-electron chi connectivity index (χ2n) is 6.70. The van der Waals surface area contributed by atoms with Gasteiger partial charge in [-0.15, -0.1) is 0 Å². The summed E-state index contributed by atoms with van der Waals surface area (Å²) in [4.78, 5) is 15.5. The molecule has 0 amide bonds. The topological polar surface area (TPSA) is 99.0 Å². The minimum atomic E-state index is -0.368. The van der Waals surface area contributed by atoms with Crippen LogP contribution in [0.3, 0.4) is 0 Å². The molecule has 6 heteroatoms. The normalized spacial score (nSPS) is 28.8. The molecule has 0 atom stereocenters. The second-order valence-corrected chi connectivity index (χ2v) is 6.70. The van der Waals surface area contributed by atoms with E-state index in [2.05, 4.69) is 10.3 Å². The molecule has 22 heavy (non-hydrogen) atoms. The lowest BCUT2D eigenvalue weighted by molar-refractivity contribution is -0.0796. The molecule has 3 saturated carbocycles. The van der Waals surface area contributed by atoms with Crippen LogP contribution in [0.15, 0.2) is 41.3 Å². The monoisotopic (exact) mass is 297 g/mol. The molecule has 6 nitrogen and oxygen atoms in total. The molecule has 0 spiro atoms. The average Bonchev–Trinajstić information content (AvgIpc) is 2.42. The van der Waals surface area contributed by atoms with Crippen LogP contribution in [0.4, 0.5) is 5.82 Å². The highest BCUT2D eigenvalue weighted by Crippen LogP contribution is 2.58. The molecule has 3 aliphatic rings. The van der Waals surface area contributed by atoms with E-state index < -0.39 is 0 Å². The highest BCUT2D eigenvalue weighted by molar-refractivity contribution is 5.36. The van der Waals surface area contributed by atoms with Crippen molar-refractivity contribution >= 4 is 5.82 Å². The number of nitrogens with one attached hydrogen (secondary N) is 1. The van der Waals surface area contributed by atoms with Crippen molar-refractivity contribution in [3.8, 4) is 5.69 Å². The van der Waals surface area contributed by atoms with E-state index in [1.165, 1.54) is 10.1 Å². The van der Waals surface area contributed by atoms with Gasteiger partial charge in [-0.1, -0.05) is 12.1 Å². The van der Waals surface area contributed by atoms with E-state index in [4.69, 9.17) is 11.5 Å². The van der Waals surface area contributed by atoms with Crippen LogP contribution in [-0.4, -0.2) is 20.6 Å². The van der Waals surface area contributed by atoms with Crippen LogP contribution >= 0.6 is 0 Å². The van der Waals surface area contributed by atoms with Crippen LogP contribution in [-0.2, 0) is 6.54 Å². The van der Waals surface area contributed by atoms with E-state index in [0.717, 1.165) is 31.5 Å². The zero-order chi connectivity index (χ0) is 15.4. The van der Waals surface area contributed by atoms with Gasteiger partial charge >= 0.3 is 5.69 Å². The Hall–Kier alpha value is -2.18. The Morgan fingerprint density at radius 2 is 1.86 bits per heavy atom. The van der Waals surface area contributed by atoms with Crippen LogP contribution in [0, 0.1) is 0 Å². The molecule has 2 bridgehead atoms.